The lowest BCUT2D eigenvalue weighted by Gasteiger charge is -2.20. The minimum atomic E-state index is -0.630. The molecule has 0 radical (unpaired) electrons. The molecule has 1 fully saturated rings. The lowest BCUT2D eigenvalue weighted by atomic mass is 10.00. The summed E-state index contributed by atoms with van der Waals surface area (Å²) < 4.78 is 31.5. The molecule has 2 rings (SSSR count). The Morgan fingerprint density at radius 3 is 2.89 bits per heavy atom. The zero-order valence-corrected chi connectivity index (χ0v) is 11.3. The van der Waals surface area contributed by atoms with Crippen molar-refractivity contribution in [3.8, 4) is 5.75 Å². The van der Waals surface area contributed by atoms with Crippen LogP contribution in [0.15, 0.2) is 18.2 Å². The van der Waals surface area contributed by atoms with Gasteiger partial charge in [-0.2, -0.15) is 0 Å². The molecule has 1 aliphatic carbocycles. The molecule has 0 amide bonds. The standard InChI is InChI=1S/C15H21F2NO/c1-2-18-14-5-3-4-11(14)8-9-19-15-7-6-12(16)10-13(15)17/h6-7,10-11,14,18H,2-5,8-9H2,1H3. The van der Waals surface area contributed by atoms with Gasteiger partial charge in [-0.05, 0) is 43.9 Å². The van der Waals surface area contributed by atoms with Crippen molar-refractivity contribution in [1.29, 1.82) is 0 Å². The lowest BCUT2D eigenvalue weighted by Crippen LogP contribution is -2.32. The van der Waals surface area contributed by atoms with Crippen molar-refractivity contribution in [2.75, 3.05) is 13.2 Å². The Bertz CT molecular complexity index is 411. The summed E-state index contributed by atoms with van der Waals surface area (Å²) >= 11 is 0. The summed E-state index contributed by atoms with van der Waals surface area (Å²) in [6.07, 6.45) is 4.57. The summed E-state index contributed by atoms with van der Waals surface area (Å²) in [4.78, 5) is 0. The van der Waals surface area contributed by atoms with Gasteiger partial charge >= 0.3 is 0 Å². The zero-order valence-electron chi connectivity index (χ0n) is 11.3. The summed E-state index contributed by atoms with van der Waals surface area (Å²) in [6, 6.07) is 3.98. The number of hydrogen-bond donors (Lipinski definition) is 1. The lowest BCUT2D eigenvalue weighted by molar-refractivity contribution is 0.252. The third-order valence-corrected chi connectivity index (χ3v) is 3.77. The third-order valence-electron chi connectivity index (χ3n) is 3.77. The van der Waals surface area contributed by atoms with E-state index in [9.17, 15) is 8.78 Å². The SMILES string of the molecule is CCNC1CCCC1CCOc1ccc(F)cc1F. The number of nitrogens with one attached hydrogen (secondary N) is 1. The fraction of sp³-hybridized carbons (Fsp3) is 0.600. The van der Waals surface area contributed by atoms with E-state index in [1.807, 2.05) is 0 Å². The second kappa shape index (κ2) is 6.85. The maximum Gasteiger partial charge on any atom is 0.167 e. The summed E-state index contributed by atoms with van der Waals surface area (Å²) in [7, 11) is 0. The van der Waals surface area contributed by atoms with Gasteiger partial charge in [0, 0.05) is 12.1 Å². The average Bonchev–Trinajstić information content (AvgIpc) is 2.80. The van der Waals surface area contributed by atoms with Gasteiger partial charge in [-0.15, -0.1) is 0 Å². The van der Waals surface area contributed by atoms with Crippen LogP contribution in [-0.4, -0.2) is 19.2 Å². The number of rotatable bonds is 6. The molecular weight excluding hydrogens is 248 g/mol. The Labute approximate surface area is 113 Å². The molecule has 1 N–H and O–H groups in total. The molecule has 4 heteroatoms. The molecule has 1 aromatic rings. The maximum atomic E-state index is 13.4. The van der Waals surface area contributed by atoms with E-state index in [0.29, 0.717) is 18.6 Å². The van der Waals surface area contributed by atoms with Crippen molar-refractivity contribution < 1.29 is 13.5 Å². The predicted molar refractivity (Wildman–Crippen MR) is 71.3 cm³/mol. The molecule has 1 aromatic carbocycles. The summed E-state index contributed by atoms with van der Waals surface area (Å²) in [6.45, 7) is 3.57. The molecule has 2 nitrogen and oxygen atoms in total. The molecule has 2 unspecified atom stereocenters. The minimum Gasteiger partial charge on any atom is -0.491 e. The van der Waals surface area contributed by atoms with E-state index in [-0.39, 0.29) is 5.75 Å². The van der Waals surface area contributed by atoms with Crippen LogP contribution in [0.3, 0.4) is 0 Å². The second-order valence-electron chi connectivity index (χ2n) is 5.07. The van der Waals surface area contributed by atoms with E-state index in [4.69, 9.17) is 4.74 Å². The number of halogens is 2. The van der Waals surface area contributed by atoms with Gasteiger partial charge in [0.15, 0.2) is 11.6 Å². The Morgan fingerprint density at radius 1 is 1.32 bits per heavy atom. The van der Waals surface area contributed by atoms with Crippen LogP contribution in [-0.2, 0) is 0 Å². The van der Waals surface area contributed by atoms with Crippen LogP contribution in [0, 0.1) is 17.6 Å². The largest absolute Gasteiger partial charge is 0.491 e. The highest BCUT2D eigenvalue weighted by atomic mass is 19.1. The third kappa shape index (κ3) is 3.90. The van der Waals surface area contributed by atoms with E-state index in [1.54, 1.807) is 0 Å². The molecule has 1 aliphatic rings. The van der Waals surface area contributed by atoms with E-state index in [0.717, 1.165) is 19.0 Å². The first kappa shape index (κ1) is 14.3. The molecule has 19 heavy (non-hydrogen) atoms. The fourth-order valence-corrected chi connectivity index (χ4v) is 2.83. The highest BCUT2D eigenvalue weighted by Gasteiger charge is 2.26. The first-order valence-electron chi connectivity index (χ1n) is 7.02. The summed E-state index contributed by atoms with van der Waals surface area (Å²) in [5, 5.41) is 3.48. The van der Waals surface area contributed by atoms with Crippen LogP contribution in [0.25, 0.3) is 0 Å². The normalized spacial score (nSPS) is 22.7. The van der Waals surface area contributed by atoms with Gasteiger partial charge in [0.1, 0.15) is 5.82 Å². The average molecular weight is 269 g/mol. The quantitative estimate of drug-likeness (QED) is 0.853. The van der Waals surface area contributed by atoms with E-state index < -0.39 is 11.6 Å². The molecule has 0 heterocycles. The number of ether oxygens (including phenoxy) is 1. The minimum absolute atomic E-state index is 0.138. The predicted octanol–water partition coefficient (Wildman–Crippen LogP) is 3.51. The van der Waals surface area contributed by atoms with Crippen LogP contribution < -0.4 is 10.1 Å². The monoisotopic (exact) mass is 269 g/mol. The van der Waals surface area contributed by atoms with Crippen molar-refractivity contribution in [3.05, 3.63) is 29.8 Å². The van der Waals surface area contributed by atoms with E-state index in [1.165, 1.54) is 31.4 Å². The van der Waals surface area contributed by atoms with Crippen molar-refractivity contribution in [2.45, 2.75) is 38.6 Å². The van der Waals surface area contributed by atoms with E-state index in [2.05, 4.69) is 12.2 Å². The van der Waals surface area contributed by atoms with Crippen LogP contribution in [0.1, 0.15) is 32.6 Å². The van der Waals surface area contributed by atoms with Gasteiger partial charge in [-0.1, -0.05) is 13.3 Å². The van der Waals surface area contributed by atoms with Gasteiger partial charge in [-0.25, -0.2) is 8.78 Å². The van der Waals surface area contributed by atoms with Crippen molar-refractivity contribution in [1.82, 2.24) is 5.32 Å². The summed E-state index contributed by atoms with van der Waals surface area (Å²) in [5.41, 5.74) is 0. The van der Waals surface area contributed by atoms with Gasteiger partial charge in [-0.3, -0.25) is 0 Å². The van der Waals surface area contributed by atoms with Crippen molar-refractivity contribution in [3.63, 3.8) is 0 Å². The van der Waals surface area contributed by atoms with Crippen molar-refractivity contribution >= 4 is 0 Å². The summed E-state index contributed by atoms with van der Waals surface area (Å²) in [5.74, 6) is -0.467. The Hall–Kier alpha value is -1.16. The topological polar surface area (TPSA) is 21.3 Å². The number of benzene rings is 1. The van der Waals surface area contributed by atoms with Crippen LogP contribution in [0.4, 0.5) is 8.78 Å². The Kier molecular flexibility index (Phi) is 5.14. The fourth-order valence-electron chi connectivity index (χ4n) is 2.83. The van der Waals surface area contributed by atoms with Gasteiger partial charge in [0.2, 0.25) is 0 Å². The second-order valence-corrected chi connectivity index (χ2v) is 5.07. The molecule has 0 saturated heterocycles. The molecule has 0 spiro atoms. The van der Waals surface area contributed by atoms with Gasteiger partial charge < -0.3 is 10.1 Å². The molecule has 2 atom stereocenters. The molecule has 0 aromatic heterocycles. The number of hydrogen-bond acceptors (Lipinski definition) is 2. The Morgan fingerprint density at radius 2 is 2.16 bits per heavy atom. The smallest absolute Gasteiger partial charge is 0.167 e. The molecule has 106 valence electrons. The molecular formula is C15H21F2NO. The molecule has 0 aliphatic heterocycles. The first-order chi connectivity index (χ1) is 9.20. The maximum absolute atomic E-state index is 13.4. The van der Waals surface area contributed by atoms with Gasteiger partial charge in [0.25, 0.3) is 0 Å². The first-order valence-corrected chi connectivity index (χ1v) is 7.02. The molecule has 1 saturated carbocycles. The van der Waals surface area contributed by atoms with Gasteiger partial charge in [0.05, 0.1) is 6.61 Å². The zero-order chi connectivity index (χ0) is 13.7. The van der Waals surface area contributed by atoms with Crippen LogP contribution in [0.5, 0.6) is 5.75 Å². The Balaban J connectivity index is 1.79. The van der Waals surface area contributed by atoms with Crippen LogP contribution >= 0.6 is 0 Å². The van der Waals surface area contributed by atoms with Crippen molar-refractivity contribution in [2.24, 2.45) is 5.92 Å². The van der Waals surface area contributed by atoms with Crippen LogP contribution in [0.2, 0.25) is 0 Å². The highest BCUT2D eigenvalue weighted by molar-refractivity contribution is 5.24. The highest BCUT2D eigenvalue weighted by Crippen LogP contribution is 2.28. The van der Waals surface area contributed by atoms with E-state index >= 15 is 0 Å². The molecule has 0 bridgehead atoms.